The smallest absolute Gasteiger partial charge is 0.214 e. The zero-order chi connectivity index (χ0) is 13.0. The topological polar surface area (TPSA) is 66.8 Å². The third kappa shape index (κ3) is 3.23. The second-order valence-electron chi connectivity index (χ2n) is 5.12. The van der Waals surface area contributed by atoms with Crippen LogP contribution in [0.25, 0.3) is 0 Å². The van der Waals surface area contributed by atoms with Crippen LogP contribution in [0, 0.1) is 0 Å². The highest BCUT2D eigenvalue weighted by molar-refractivity contribution is 7.89. The van der Waals surface area contributed by atoms with Gasteiger partial charge in [-0.25, -0.2) is 8.42 Å². The van der Waals surface area contributed by atoms with E-state index in [1.54, 1.807) is 4.31 Å². The van der Waals surface area contributed by atoms with E-state index in [1.807, 2.05) is 0 Å². The van der Waals surface area contributed by atoms with Gasteiger partial charge >= 0.3 is 0 Å². The Morgan fingerprint density at radius 1 is 1.22 bits per heavy atom. The van der Waals surface area contributed by atoms with E-state index in [9.17, 15) is 8.42 Å². The fourth-order valence-corrected chi connectivity index (χ4v) is 4.73. The first-order valence-electron chi connectivity index (χ1n) is 6.87. The van der Waals surface area contributed by atoms with Crippen molar-refractivity contribution in [1.82, 2.24) is 4.31 Å². The van der Waals surface area contributed by atoms with Gasteiger partial charge < -0.3 is 9.84 Å². The summed E-state index contributed by atoms with van der Waals surface area (Å²) in [6.07, 6.45) is 5.31. The van der Waals surface area contributed by atoms with Crippen molar-refractivity contribution in [2.24, 2.45) is 0 Å². The normalized spacial score (nSPS) is 30.1. The monoisotopic (exact) mass is 277 g/mol. The molecule has 18 heavy (non-hydrogen) atoms. The number of sulfonamides is 1. The Morgan fingerprint density at radius 2 is 2.00 bits per heavy atom. The molecule has 2 rings (SSSR count). The Bertz CT molecular complexity index is 355. The first-order chi connectivity index (χ1) is 8.65. The number of fused-ring (bicyclic) bond motifs is 1. The summed E-state index contributed by atoms with van der Waals surface area (Å²) in [6.45, 7) is 1.06. The lowest BCUT2D eigenvalue weighted by atomic mass is 9.91. The number of aliphatic hydroxyl groups is 1. The van der Waals surface area contributed by atoms with Crippen LogP contribution in [0.5, 0.6) is 0 Å². The standard InChI is InChI=1S/C12H23NO4S/c14-8-3-4-10-18(15,16)13-7-9-17-12-6-2-1-5-11(12)13/h11-12,14H,1-10H2. The zero-order valence-corrected chi connectivity index (χ0v) is 11.6. The molecule has 1 N–H and O–H groups in total. The summed E-state index contributed by atoms with van der Waals surface area (Å²) in [7, 11) is -3.18. The van der Waals surface area contributed by atoms with Gasteiger partial charge in [-0.2, -0.15) is 4.31 Å². The summed E-state index contributed by atoms with van der Waals surface area (Å²) in [5, 5.41) is 8.73. The predicted molar refractivity (Wildman–Crippen MR) is 68.8 cm³/mol. The molecule has 0 aromatic rings. The van der Waals surface area contributed by atoms with Crippen molar-refractivity contribution in [3.63, 3.8) is 0 Å². The predicted octanol–water partition coefficient (Wildman–Crippen LogP) is 0.732. The van der Waals surface area contributed by atoms with Gasteiger partial charge in [0.1, 0.15) is 0 Å². The molecule has 6 heteroatoms. The maximum absolute atomic E-state index is 12.3. The third-order valence-electron chi connectivity index (χ3n) is 3.85. The van der Waals surface area contributed by atoms with E-state index in [0.29, 0.717) is 26.0 Å². The molecule has 0 bridgehead atoms. The average molecular weight is 277 g/mol. The van der Waals surface area contributed by atoms with Gasteiger partial charge in [0.15, 0.2) is 0 Å². The van der Waals surface area contributed by atoms with Gasteiger partial charge in [-0.1, -0.05) is 12.8 Å². The third-order valence-corrected chi connectivity index (χ3v) is 5.82. The van der Waals surface area contributed by atoms with Crippen LogP contribution in [0.2, 0.25) is 0 Å². The van der Waals surface area contributed by atoms with Gasteiger partial charge in [-0.05, 0) is 25.7 Å². The Balaban J connectivity index is 2.00. The molecule has 1 aliphatic carbocycles. The average Bonchev–Trinajstić information content (AvgIpc) is 2.38. The van der Waals surface area contributed by atoms with Crippen molar-refractivity contribution in [3.8, 4) is 0 Å². The van der Waals surface area contributed by atoms with Gasteiger partial charge in [-0.15, -0.1) is 0 Å². The highest BCUT2D eigenvalue weighted by atomic mass is 32.2. The molecule has 106 valence electrons. The van der Waals surface area contributed by atoms with Crippen LogP contribution < -0.4 is 0 Å². The Labute approximate surface area is 109 Å². The van der Waals surface area contributed by atoms with Gasteiger partial charge in [0.05, 0.1) is 24.5 Å². The minimum Gasteiger partial charge on any atom is -0.396 e. The number of rotatable bonds is 5. The fourth-order valence-electron chi connectivity index (χ4n) is 2.92. The molecule has 5 nitrogen and oxygen atoms in total. The Hall–Kier alpha value is -0.170. The van der Waals surface area contributed by atoms with Crippen LogP contribution in [0.3, 0.4) is 0 Å². The van der Waals surface area contributed by atoms with Gasteiger partial charge in [0, 0.05) is 13.2 Å². The molecular weight excluding hydrogens is 254 g/mol. The minimum absolute atomic E-state index is 0.0478. The van der Waals surface area contributed by atoms with E-state index < -0.39 is 10.0 Å². The SMILES string of the molecule is O=S(=O)(CCCCO)N1CCOC2CCCCC21. The molecule has 2 fully saturated rings. The molecule has 1 saturated carbocycles. The van der Waals surface area contributed by atoms with Crippen molar-refractivity contribution in [3.05, 3.63) is 0 Å². The maximum atomic E-state index is 12.3. The van der Waals surface area contributed by atoms with Crippen LogP contribution in [0.15, 0.2) is 0 Å². The van der Waals surface area contributed by atoms with E-state index in [0.717, 1.165) is 25.7 Å². The molecular formula is C12H23NO4S. The lowest BCUT2D eigenvalue weighted by Gasteiger charge is -2.42. The summed E-state index contributed by atoms with van der Waals surface area (Å²) in [4.78, 5) is 0. The molecule has 0 aromatic heterocycles. The quantitative estimate of drug-likeness (QED) is 0.752. The van der Waals surface area contributed by atoms with Crippen molar-refractivity contribution in [2.75, 3.05) is 25.5 Å². The molecule has 1 aliphatic heterocycles. The summed E-state index contributed by atoms with van der Waals surface area (Å²) >= 11 is 0. The van der Waals surface area contributed by atoms with Crippen LogP contribution >= 0.6 is 0 Å². The zero-order valence-electron chi connectivity index (χ0n) is 10.8. The summed E-state index contributed by atoms with van der Waals surface area (Å²) in [5.74, 6) is 0.150. The minimum atomic E-state index is -3.18. The fraction of sp³-hybridized carbons (Fsp3) is 1.00. The maximum Gasteiger partial charge on any atom is 0.214 e. The number of nitrogens with zero attached hydrogens (tertiary/aromatic N) is 1. The van der Waals surface area contributed by atoms with Crippen LogP contribution in [0.1, 0.15) is 38.5 Å². The van der Waals surface area contributed by atoms with Crippen LogP contribution in [-0.4, -0.2) is 55.5 Å². The molecule has 0 spiro atoms. The lowest BCUT2D eigenvalue weighted by molar-refractivity contribution is -0.0586. The largest absolute Gasteiger partial charge is 0.396 e. The van der Waals surface area contributed by atoms with Gasteiger partial charge in [0.2, 0.25) is 10.0 Å². The molecule has 2 atom stereocenters. The highest BCUT2D eigenvalue weighted by Crippen LogP contribution is 2.30. The first kappa shape index (κ1) is 14.2. The summed E-state index contributed by atoms with van der Waals surface area (Å²) in [5.41, 5.74) is 0. The molecule has 1 saturated heterocycles. The van der Waals surface area contributed by atoms with Crippen LogP contribution in [-0.2, 0) is 14.8 Å². The van der Waals surface area contributed by atoms with Gasteiger partial charge in [0.25, 0.3) is 0 Å². The van der Waals surface area contributed by atoms with Gasteiger partial charge in [-0.3, -0.25) is 0 Å². The lowest BCUT2D eigenvalue weighted by Crippen LogP contribution is -2.55. The molecule has 2 aliphatic rings. The van der Waals surface area contributed by atoms with Crippen molar-refractivity contribution in [2.45, 2.75) is 50.7 Å². The second-order valence-corrected chi connectivity index (χ2v) is 7.16. The van der Waals surface area contributed by atoms with Crippen molar-refractivity contribution >= 4 is 10.0 Å². The molecule has 2 unspecified atom stereocenters. The second kappa shape index (κ2) is 6.32. The van der Waals surface area contributed by atoms with Crippen molar-refractivity contribution in [1.29, 1.82) is 0 Å². The molecule has 0 radical (unpaired) electrons. The van der Waals surface area contributed by atoms with E-state index in [1.165, 1.54) is 0 Å². The number of hydrogen-bond donors (Lipinski definition) is 1. The van der Waals surface area contributed by atoms with Crippen molar-refractivity contribution < 1.29 is 18.3 Å². The number of morpholine rings is 1. The van der Waals surface area contributed by atoms with E-state index >= 15 is 0 Å². The molecule has 0 aromatic carbocycles. The number of ether oxygens (including phenoxy) is 1. The Morgan fingerprint density at radius 3 is 2.78 bits per heavy atom. The summed E-state index contributed by atoms with van der Waals surface area (Å²) in [6, 6.07) is 0.0478. The van der Waals surface area contributed by atoms with E-state index in [4.69, 9.17) is 9.84 Å². The number of unbranched alkanes of at least 4 members (excludes halogenated alkanes) is 1. The Kier molecular flexibility index (Phi) is 5.00. The first-order valence-corrected chi connectivity index (χ1v) is 8.48. The van der Waals surface area contributed by atoms with E-state index in [2.05, 4.69) is 0 Å². The van der Waals surface area contributed by atoms with E-state index in [-0.39, 0.29) is 24.5 Å². The summed E-state index contributed by atoms with van der Waals surface area (Å²) < 4.78 is 32.0. The molecule has 1 heterocycles. The molecule has 0 amide bonds. The number of hydrogen-bond acceptors (Lipinski definition) is 4. The number of aliphatic hydroxyl groups excluding tert-OH is 1. The van der Waals surface area contributed by atoms with Crippen LogP contribution in [0.4, 0.5) is 0 Å². The highest BCUT2D eigenvalue weighted by Gasteiger charge is 2.39.